The van der Waals surface area contributed by atoms with Gasteiger partial charge in [-0.05, 0) is 40.0 Å². The molecule has 1 N–H and O–H groups in total. The molecule has 4 nitrogen and oxygen atoms in total. The van der Waals surface area contributed by atoms with Crippen LogP contribution in [0.4, 0.5) is 9.18 Å². The molecule has 3 unspecified atom stereocenters. The summed E-state index contributed by atoms with van der Waals surface area (Å²) in [4.78, 5) is 11.6. The maximum atomic E-state index is 13.7. The van der Waals surface area contributed by atoms with Crippen molar-refractivity contribution in [1.29, 1.82) is 0 Å². The number of nitrogens with one attached hydrogen (secondary N) is 1. The SMILES string of the molecule is COC1CCCC(F)C1NC(=O)OC(C)(C)C. The lowest BCUT2D eigenvalue weighted by molar-refractivity contribution is -0.00384. The summed E-state index contributed by atoms with van der Waals surface area (Å²) in [5, 5.41) is 2.57. The van der Waals surface area contributed by atoms with Gasteiger partial charge in [0.2, 0.25) is 0 Å². The second-order valence-corrected chi connectivity index (χ2v) is 5.39. The zero-order chi connectivity index (χ0) is 13.1. The first-order valence-electron chi connectivity index (χ1n) is 6.00. The summed E-state index contributed by atoms with van der Waals surface area (Å²) >= 11 is 0. The Labute approximate surface area is 102 Å². The first-order chi connectivity index (χ1) is 7.83. The van der Waals surface area contributed by atoms with Crippen LogP contribution in [0.1, 0.15) is 40.0 Å². The van der Waals surface area contributed by atoms with E-state index in [-0.39, 0.29) is 6.10 Å². The molecule has 0 aromatic carbocycles. The van der Waals surface area contributed by atoms with E-state index in [9.17, 15) is 9.18 Å². The molecule has 1 aliphatic rings. The van der Waals surface area contributed by atoms with Crippen LogP contribution in [-0.2, 0) is 9.47 Å². The summed E-state index contributed by atoms with van der Waals surface area (Å²) in [6, 6.07) is -0.608. The van der Waals surface area contributed by atoms with E-state index in [4.69, 9.17) is 9.47 Å². The fraction of sp³-hybridized carbons (Fsp3) is 0.917. The number of ether oxygens (including phenoxy) is 2. The average molecular weight is 247 g/mol. The second-order valence-electron chi connectivity index (χ2n) is 5.39. The van der Waals surface area contributed by atoms with Crippen LogP contribution < -0.4 is 5.32 Å². The van der Waals surface area contributed by atoms with Crippen LogP contribution in [0.3, 0.4) is 0 Å². The fourth-order valence-electron chi connectivity index (χ4n) is 2.00. The second kappa shape index (κ2) is 5.67. The highest BCUT2D eigenvalue weighted by molar-refractivity contribution is 5.68. The van der Waals surface area contributed by atoms with Crippen molar-refractivity contribution in [3.05, 3.63) is 0 Å². The number of carbonyl (C=O) groups excluding carboxylic acids is 1. The molecule has 1 amide bonds. The summed E-state index contributed by atoms with van der Waals surface area (Å²) in [6.07, 6.45) is 0.0748. The van der Waals surface area contributed by atoms with Crippen LogP contribution in [0, 0.1) is 0 Å². The van der Waals surface area contributed by atoms with Crippen LogP contribution >= 0.6 is 0 Å². The van der Waals surface area contributed by atoms with Crippen LogP contribution in [0.5, 0.6) is 0 Å². The Morgan fingerprint density at radius 1 is 1.35 bits per heavy atom. The number of alkyl carbamates (subject to hydrolysis) is 1. The lowest BCUT2D eigenvalue weighted by Crippen LogP contribution is -2.53. The predicted molar refractivity (Wildman–Crippen MR) is 62.7 cm³/mol. The molecule has 1 fully saturated rings. The molecule has 0 bridgehead atoms. The molecular weight excluding hydrogens is 225 g/mol. The lowest BCUT2D eigenvalue weighted by Gasteiger charge is -2.34. The number of amides is 1. The molecule has 0 saturated heterocycles. The standard InChI is InChI=1S/C12H22FNO3/c1-12(2,3)17-11(15)14-10-8(13)6-5-7-9(10)16-4/h8-10H,5-7H2,1-4H3,(H,14,15). The number of rotatable bonds is 2. The van der Waals surface area contributed by atoms with Gasteiger partial charge in [0.15, 0.2) is 0 Å². The van der Waals surface area contributed by atoms with Gasteiger partial charge in [0.1, 0.15) is 11.8 Å². The van der Waals surface area contributed by atoms with Crippen molar-refractivity contribution in [3.63, 3.8) is 0 Å². The van der Waals surface area contributed by atoms with Gasteiger partial charge in [-0.2, -0.15) is 0 Å². The minimum atomic E-state index is -1.07. The molecule has 0 aromatic heterocycles. The van der Waals surface area contributed by atoms with Gasteiger partial charge in [-0.15, -0.1) is 0 Å². The van der Waals surface area contributed by atoms with E-state index in [0.29, 0.717) is 6.42 Å². The van der Waals surface area contributed by atoms with Crippen molar-refractivity contribution in [2.45, 2.75) is 64.0 Å². The third kappa shape index (κ3) is 4.50. The van der Waals surface area contributed by atoms with Crippen molar-refractivity contribution >= 4 is 6.09 Å². The summed E-state index contributed by atoms with van der Waals surface area (Å²) in [6.45, 7) is 5.32. The Bertz CT molecular complexity index is 265. The van der Waals surface area contributed by atoms with Gasteiger partial charge in [-0.1, -0.05) is 0 Å². The largest absolute Gasteiger partial charge is 0.444 e. The Morgan fingerprint density at radius 3 is 2.53 bits per heavy atom. The summed E-state index contributed by atoms with van der Waals surface area (Å²) in [5.41, 5.74) is -0.576. The number of halogens is 1. The van der Waals surface area contributed by atoms with Crippen LogP contribution in [0.15, 0.2) is 0 Å². The Kier molecular flexibility index (Phi) is 4.74. The predicted octanol–water partition coefficient (Wildman–Crippen LogP) is 2.42. The summed E-state index contributed by atoms with van der Waals surface area (Å²) in [7, 11) is 1.53. The van der Waals surface area contributed by atoms with Crippen LogP contribution in [0.25, 0.3) is 0 Å². The van der Waals surface area contributed by atoms with Gasteiger partial charge in [0.05, 0.1) is 12.1 Å². The lowest BCUT2D eigenvalue weighted by atomic mass is 9.91. The monoisotopic (exact) mass is 247 g/mol. The first-order valence-corrected chi connectivity index (χ1v) is 6.00. The number of hydrogen-bond donors (Lipinski definition) is 1. The molecule has 1 saturated carbocycles. The normalized spacial score (nSPS) is 29.8. The molecule has 5 heteroatoms. The Balaban J connectivity index is 2.55. The van der Waals surface area contributed by atoms with E-state index in [0.717, 1.165) is 12.8 Å². The third-order valence-corrected chi connectivity index (χ3v) is 2.74. The van der Waals surface area contributed by atoms with Crippen molar-refractivity contribution < 1.29 is 18.7 Å². The number of methoxy groups -OCH3 is 1. The molecule has 0 aliphatic heterocycles. The molecule has 100 valence electrons. The highest BCUT2D eigenvalue weighted by Crippen LogP contribution is 2.24. The van der Waals surface area contributed by atoms with Gasteiger partial charge in [-0.25, -0.2) is 9.18 Å². The van der Waals surface area contributed by atoms with E-state index >= 15 is 0 Å². The molecule has 3 atom stereocenters. The third-order valence-electron chi connectivity index (χ3n) is 2.74. The molecule has 17 heavy (non-hydrogen) atoms. The molecule has 1 rings (SSSR count). The molecule has 1 aliphatic carbocycles. The van der Waals surface area contributed by atoms with E-state index in [1.54, 1.807) is 20.8 Å². The minimum Gasteiger partial charge on any atom is -0.444 e. The minimum absolute atomic E-state index is 0.272. The zero-order valence-electron chi connectivity index (χ0n) is 11.0. The Hall–Kier alpha value is -0.840. The molecule has 0 aromatic rings. The van der Waals surface area contributed by atoms with Crippen molar-refractivity contribution in [2.24, 2.45) is 0 Å². The van der Waals surface area contributed by atoms with Crippen LogP contribution in [0.2, 0.25) is 0 Å². The molecule has 0 radical (unpaired) electrons. The van der Waals surface area contributed by atoms with E-state index in [1.165, 1.54) is 7.11 Å². The highest BCUT2D eigenvalue weighted by Gasteiger charge is 2.35. The average Bonchev–Trinajstić information content (AvgIpc) is 2.18. The zero-order valence-corrected chi connectivity index (χ0v) is 11.0. The maximum absolute atomic E-state index is 13.7. The quantitative estimate of drug-likeness (QED) is 0.815. The first kappa shape index (κ1) is 14.2. The molecular formula is C12H22FNO3. The topological polar surface area (TPSA) is 47.6 Å². The van der Waals surface area contributed by atoms with Crippen molar-refractivity contribution in [3.8, 4) is 0 Å². The summed E-state index contributed by atoms with van der Waals surface area (Å²) < 4.78 is 24.0. The fourth-order valence-corrected chi connectivity index (χ4v) is 2.00. The number of carbonyl (C=O) groups is 1. The summed E-state index contributed by atoms with van der Waals surface area (Å²) in [5.74, 6) is 0. The van der Waals surface area contributed by atoms with Crippen molar-refractivity contribution in [1.82, 2.24) is 5.32 Å². The van der Waals surface area contributed by atoms with Crippen LogP contribution in [-0.4, -0.2) is 37.1 Å². The molecule has 0 heterocycles. The number of hydrogen-bond acceptors (Lipinski definition) is 3. The van der Waals surface area contributed by atoms with E-state index < -0.39 is 23.9 Å². The van der Waals surface area contributed by atoms with E-state index in [1.807, 2.05) is 0 Å². The number of alkyl halides is 1. The highest BCUT2D eigenvalue weighted by atomic mass is 19.1. The van der Waals surface area contributed by atoms with Gasteiger partial charge < -0.3 is 14.8 Å². The van der Waals surface area contributed by atoms with E-state index in [2.05, 4.69) is 5.32 Å². The Morgan fingerprint density at radius 2 is 2.00 bits per heavy atom. The van der Waals surface area contributed by atoms with Gasteiger partial charge in [0.25, 0.3) is 0 Å². The van der Waals surface area contributed by atoms with Crippen molar-refractivity contribution in [2.75, 3.05) is 7.11 Å². The smallest absolute Gasteiger partial charge is 0.408 e. The van der Waals surface area contributed by atoms with Gasteiger partial charge in [-0.3, -0.25) is 0 Å². The molecule has 0 spiro atoms. The van der Waals surface area contributed by atoms with Gasteiger partial charge >= 0.3 is 6.09 Å². The maximum Gasteiger partial charge on any atom is 0.408 e. The van der Waals surface area contributed by atoms with Gasteiger partial charge in [0, 0.05) is 7.11 Å².